The van der Waals surface area contributed by atoms with Crippen LogP contribution in [0.4, 0.5) is 47.7 Å². The van der Waals surface area contributed by atoms with Crippen LogP contribution in [0.5, 0.6) is 0 Å². The first-order valence-electron chi connectivity index (χ1n) is 12.9. The zero-order valence-electron chi connectivity index (χ0n) is 23.4. The molecule has 41 heavy (non-hydrogen) atoms. The lowest BCUT2D eigenvalue weighted by molar-refractivity contribution is -0.137. The second-order valence-electron chi connectivity index (χ2n) is 10.9. The third-order valence-electron chi connectivity index (χ3n) is 6.65. The van der Waals surface area contributed by atoms with Gasteiger partial charge in [-0.3, -0.25) is 4.72 Å². The van der Waals surface area contributed by atoms with Crippen molar-refractivity contribution in [2.75, 3.05) is 53.5 Å². The van der Waals surface area contributed by atoms with Gasteiger partial charge < -0.3 is 20.4 Å². The van der Waals surface area contributed by atoms with Crippen LogP contribution in [0.15, 0.2) is 42.6 Å². The van der Waals surface area contributed by atoms with Gasteiger partial charge in [0.15, 0.2) is 0 Å². The minimum atomic E-state index is -4.54. The van der Waals surface area contributed by atoms with Crippen molar-refractivity contribution in [1.29, 1.82) is 0 Å². The van der Waals surface area contributed by atoms with E-state index in [9.17, 15) is 21.6 Å². The number of piperazine rings is 1. The molecule has 1 aromatic heterocycles. The molecule has 2 aromatic carbocycles. The van der Waals surface area contributed by atoms with Gasteiger partial charge in [0.05, 0.1) is 21.0 Å². The molecule has 4 rings (SSSR count). The van der Waals surface area contributed by atoms with Crippen LogP contribution >= 0.6 is 11.6 Å². The molecule has 1 aliphatic heterocycles. The number of likely N-dealkylation sites (N-methyl/N-ethyl adjacent to an activating group) is 1. The number of anilines is 6. The van der Waals surface area contributed by atoms with E-state index in [-0.39, 0.29) is 28.0 Å². The fourth-order valence-corrected chi connectivity index (χ4v) is 5.02. The maximum Gasteiger partial charge on any atom is 0.418 e. The van der Waals surface area contributed by atoms with Crippen LogP contribution in [0.1, 0.15) is 31.9 Å². The van der Waals surface area contributed by atoms with E-state index in [2.05, 4.69) is 30.2 Å². The standard InChI is InChI=1S/C27H33ClF3N7O2S/c1-17-16-32-25(34-18-7-9-23(20(14-18)27(29,30)31)38-12-10-37(5)11-13-38)35-24(17)33-19-6-8-21(28)22(15-19)36-41(39,40)26(2,3)4/h6-9,14-16,36H,10-13H2,1-5H3,(H2,32,33,34,35). The van der Waals surface area contributed by atoms with Crippen molar-refractivity contribution in [1.82, 2.24) is 14.9 Å². The van der Waals surface area contributed by atoms with E-state index < -0.39 is 26.5 Å². The number of aromatic nitrogens is 2. The normalized spacial score (nSPS) is 15.1. The first kappa shape index (κ1) is 30.7. The van der Waals surface area contributed by atoms with Gasteiger partial charge in [0.25, 0.3) is 0 Å². The molecule has 0 bridgehead atoms. The van der Waals surface area contributed by atoms with E-state index in [1.54, 1.807) is 50.8 Å². The van der Waals surface area contributed by atoms with E-state index in [0.717, 1.165) is 6.07 Å². The molecule has 14 heteroatoms. The number of nitrogens with zero attached hydrogens (tertiary/aromatic N) is 4. The first-order valence-corrected chi connectivity index (χ1v) is 14.7. The molecule has 3 N–H and O–H groups in total. The molecule has 9 nitrogen and oxygen atoms in total. The summed E-state index contributed by atoms with van der Waals surface area (Å²) < 4.78 is 68.8. The molecule has 0 amide bonds. The highest BCUT2D eigenvalue weighted by atomic mass is 35.5. The number of alkyl halides is 3. The summed E-state index contributed by atoms with van der Waals surface area (Å²) in [5.74, 6) is 0.459. The van der Waals surface area contributed by atoms with Crippen molar-refractivity contribution >= 4 is 56.1 Å². The Morgan fingerprint density at radius 1 is 0.951 bits per heavy atom. The summed E-state index contributed by atoms with van der Waals surface area (Å²) in [6.45, 7) is 8.85. The summed E-state index contributed by atoms with van der Waals surface area (Å²) in [4.78, 5) is 12.5. The summed E-state index contributed by atoms with van der Waals surface area (Å²) in [7, 11) is -1.78. The first-order chi connectivity index (χ1) is 19.0. The topological polar surface area (TPSA) is 102 Å². The average Bonchev–Trinajstić information content (AvgIpc) is 2.87. The van der Waals surface area contributed by atoms with Gasteiger partial charge in [-0.05, 0) is 71.1 Å². The minimum Gasteiger partial charge on any atom is -0.368 e. The SMILES string of the molecule is Cc1cnc(Nc2ccc(N3CCN(C)CC3)c(C(F)(F)F)c2)nc1Nc1ccc(Cl)c(NS(=O)(=O)C(C)(C)C)c1. The Hall–Kier alpha value is -3.29. The molecule has 3 aromatic rings. The summed E-state index contributed by atoms with van der Waals surface area (Å²) in [6, 6.07) is 8.84. The molecule has 0 unspecified atom stereocenters. The average molecular weight is 612 g/mol. The van der Waals surface area contributed by atoms with E-state index >= 15 is 0 Å². The molecule has 0 radical (unpaired) electrons. The molecule has 1 aliphatic rings. The van der Waals surface area contributed by atoms with Crippen molar-refractivity contribution in [3.63, 3.8) is 0 Å². The number of hydrogen-bond acceptors (Lipinski definition) is 8. The summed E-state index contributed by atoms with van der Waals surface area (Å²) >= 11 is 6.24. The van der Waals surface area contributed by atoms with Gasteiger partial charge in [0.2, 0.25) is 16.0 Å². The highest BCUT2D eigenvalue weighted by Gasteiger charge is 2.36. The molecule has 1 fully saturated rings. The third-order valence-corrected chi connectivity index (χ3v) is 9.08. The van der Waals surface area contributed by atoms with E-state index in [1.165, 1.54) is 18.3 Å². The molecule has 0 spiro atoms. The van der Waals surface area contributed by atoms with Gasteiger partial charge in [0, 0.05) is 55.0 Å². The summed E-state index contributed by atoms with van der Waals surface area (Å²) in [5.41, 5.74) is 0.938. The molecule has 2 heterocycles. The Morgan fingerprint density at radius 3 is 2.22 bits per heavy atom. The van der Waals surface area contributed by atoms with Crippen LogP contribution in [0.2, 0.25) is 5.02 Å². The zero-order valence-corrected chi connectivity index (χ0v) is 25.0. The second-order valence-corrected chi connectivity index (χ2v) is 13.8. The number of sulfonamides is 1. The van der Waals surface area contributed by atoms with Gasteiger partial charge in [-0.2, -0.15) is 18.2 Å². The fraction of sp³-hybridized carbons (Fsp3) is 0.407. The quantitative estimate of drug-likeness (QED) is 0.289. The van der Waals surface area contributed by atoms with Crippen LogP contribution in [0.25, 0.3) is 0 Å². The lowest BCUT2D eigenvalue weighted by Crippen LogP contribution is -2.45. The molecule has 1 saturated heterocycles. The lowest BCUT2D eigenvalue weighted by atomic mass is 10.1. The Labute approximate surface area is 243 Å². The van der Waals surface area contributed by atoms with Crippen LogP contribution in [-0.2, 0) is 16.2 Å². The number of hydrogen-bond donors (Lipinski definition) is 3. The van der Waals surface area contributed by atoms with Gasteiger partial charge in [-0.25, -0.2) is 13.4 Å². The summed E-state index contributed by atoms with van der Waals surface area (Å²) in [5, 5.41) is 6.19. The van der Waals surface area contributed by atoms with Crippen LogP contribution in [0, 0.1) is 6.92 Å². The van der Waals surface area contributed by atoms with Crippen LogP contribution in [0.3, 0.4) is 0 Å². The second kappa shape index (κ2) is 11.5. The highest BCUT2D eigenvalue weighted by molar-refractivity contribution is 7.94. The van der Waals surface area contributed by atoms with E-state index in [4.69, 9.17) is 11.6 Å². The Morgan fingerprint density at radius 2 is 1.59 bits per heavy atom. The van der Waals surface area contributed by atoms with Crippen molar-refractivity contribution < 1.29 is 21.6 Å². The minimum absolute atomic E-state index is 0.0844. The summed E-state index contributed by atoms with van der Waals surface area (Å²) in [6.07, 6.45) is -3.02. The van der Waals surface area contributed by atoms with Gasteiger partial charge in [-0.15, -0.1) is 0 Å². The van der Waals surface area contributed by atoms with Crippen molar-refractivity contribution in [2.24, 2.45) is 0 Å². The Kier molecular flexibility index (Phi) is 8.63. The highest BCUT2D eigenvalue weighted by Crippen LogP contribution is 2.39. The van der Waals surface area contributed by atoms with Crippen molar-refractivity contribution in [3.05, 3.63) is 58.7 Å². The van der Waals surface area contributed by atoms with Crippen molar-refractivity contribution in [3.8, 4) is 0 Å². The van der Waals surface area contributed by atoms with Crippen molar-refractivity contribution in [2.45, 2.75) is 38.6 Å². The molecule has 0 atom stereocenters. The van der Waals surface area contributed by atoms with Gasteiger partial charge in [-0.1, -0.05) is 11.6 Å². The number of rotatable bonds is 7. The predicted molar refractivity (Wildman–Crippen MR) is 158 cm³/mol. The Bertz CT molecular complexity index is 1520. The fourth-order valence-electron chi connectivity index (χ4n) is 4.04. The number of halogens is 4. The van der Waals surface area contributed by atoms with Gasteiger partial charge in [0.1, 0.15) is 5.82 Å². The molecule has 0 saturated carbocycles. The lowest BCUT2D eigenvalue weighted by Gasteiger charge is -2.35. The maximum atomic E-state index is 14.0. The van der Waals surface area contributed by atoms with E-state index in [1.807, 2.05) is 7.05 Å². The monoisotopic (exact) mass is 611 g/mol. The van der Waals surface area contributed by atoms with Crippen LogP contribution < -0.4 is 20.3 Å². The van der Waals surface area contributed by atoms with Crippen LogP contribution in [-0.4, -0.2) is 61.3 Å². The van der Waals surface area contributed by atoms with Gasteiger partial charge >= 0.3 is 6.18 Å². The predicted octanol–water partition coefficient (Wildman–Crippen LogP) is 6.24. The third kappa shape index (κ3) is 7.32. The maximum absolute atomic E-state index is 14.0. The molecule has 0 aliphatic carbocycles. The largest absolute Gasteiger partial charge is 0.418 e. The molecule has 222 valence electrons. The molecular weight excluding hydrogens is 579 g/mol. The number of aryl methyl sites for hydroxylation is 1. The smallest absolute Gasteiger partial charge is 0.368 e. The van der Waals surface area contributed by atoms with E-state index in [0.29, 0.717) is 43.2 Å². The zero-order chi connectivity index (χ0) is 30.2. The number of benzene rings is 2. The Balaban J connectivity index is 1.57. The number of nitrogens with one attached hydrogen (secondary N) is 3. The molecular formula is C27H33ClF3N7O2S.